The molecule has 2 N–H and O–H groups in total. The van der Waals surface area contributed by atoms with Crippen LogP contribution in [0.5, 0.6) is 11.5 Å². The van der Waals surface area contributed by atoms with Gasteiger partial charge in [-0.05, 0) is 26.0 Å². The van der Waals surface area contributed by atoms with E-state index in [1.54, 1.807) is 23.2 Å². The van der Waals surface area contributed by atoms with Crippen molar-refractivity contribution in [2.75, 3.05) is 0 Å². The molecule has 0 saturated heterocycles. The van der Waals surface area contributed by atoms with Crippen molar-refractivity contribution in [2.45, 2.75) is 25.7 Å². The lowest BCUT2D eigenvalue weighted by Gasteiger charge is -2.20. The van der Waals surface area contributed by atoms with Crippen molar-refractivity contribution in [3.8, 4) is 17.2 Å². The lowest BCUT2D eigenvalue weighted by molar-refractivity contribution is -0.286. The number of ether oxygens (including phenoxy) is 2. The zero-order valence-corrected chi connectivity index (χ0v) is 10.9. The number of hydrogen-bond donors (Lipinski definition) is 1. The van der Waals surface area contributed by atoms with E-state index in [0.29, 0.717) is 5.69 Å². The number of fused-ring (bicyclic) bond motifs is 1. The Kier molecular flexibility index (Phi) is 2.52. The van der Waals surface area contributed by atoms with Crippen molar-refractivity contribution in [2.24, 2.45) is 5.73 Å². The normalized spacial score (nSPS) is 16.4. The van der Waals surface area contributed by atoms with E-state index in [2.05, 4.69) is 14.5 Å². The Morgan fingerprint density at radius 1 is 1.25 bits per heavy atom. The molecule has 0 amide bonds. The highest BCUT2D eigenvalue weighted by molar-refractivity contribution is 5.51. The molecule has 1 aromatic heterocycles. The molecule has 106 valence electrons. The summed E-state index contributed by atoms with van der Waals surface area (Å²) >= 11 is 0. The van der Waals surface area contributed by atoms with Gasteiger partial charge in [-0.1, -0.05) is 0 Å². The molecule has 0 aliphatic carbocycles. The summed E-state index contributed by atoms with van der Waals surface area (Å²) in [5, 5.41) is 0. The standard InChI is InChI=1S/C13H13F2N3O2/c1-12(2,16)11-6-17-7-18(11)8-3-4-9-10(5-8)20-13(14,15)19-9/h3-7H,16H2,1-2H3. The zero-order valence-electron chi connectivity index (χ0n) is 10.9. The maximum atomic E-state index is 13.0. The van der Waals surface area contributed by atoms with Gasteiger partial charge in [-0.3, -0.25) is 0 Å². The van der Waals surface area contributed by atoms with Gasteiger partial charge in [0.25, 0.3) is 0 Å². The summed E-state index contributed by atoms with van der Waals surface area (Å²) in [5.74, 6) is -0.00518. The third-order valence-corrected chi connectivity index (χ3v) is 2.96. The second-order valence-electron chi connectivity index (χ2n) is 5.17. The van der Waals surface area contributed by atoms with Crippen LogP contribution in [0.3, 0.4) is 0 Å². The second kappa shape index (κ2) is 3.92. The molecule has 1 aromatic carbocycles. The average Bonchev–Trinajstić information content (AvgIpc) is 2.88. The van der Waals surface area contributed by atoms with Gasteiger partial charge in [0.15, 0.2) is 11.5 Å². The summed E-state index contributed by atoms with van der Waals surface area (Å²) in [5.41, 5.74) is 6.82. The monoisotopic (exact) mass is 281 g/mol. The van der Waals surface area contributed by atoms with E-state index in [1.807, 2.05) is 13.8 Å². The Morgan fingerprint density at radius 2 is 1.95 bits per heavy atom. The van der Waals surface area contributed by atoms with Gasteiger partial charge in [0, 0.05) is 6.07 Å². The fourth-order valence-corrected chi connectivity index (χ4v) is 2.07. The first kappa shape index (κ1) is 12.9. The SMILES string of the molecule is CC(C)(N)c1cncn1-c1ccc2c(c1)OC(F)(F)O2. The molecule has 0 radical (unpaired) electrons. The van der Waals surface area contributed by atoms with Crippen molar-refractivity contribution >= 4 is 0 Å². The van der Waals surface area contributed by atoms with Crippen LogP contribution in [0.25, 0.3) is 5.69 Å². The summed E-state index contributed by atoms with van der Waals surface area (Å²) in [4.78, 5) is 4.05. The highest BCUT2D eigenvalue weighted by Gasteiger charge is 2.43. The van der Waals surface area contributed by atoms with Crippen LogP contribution in [0.2, 0.25) is 0 Å². The number of nitrogens with two attached hydrogens (primary N) is 1. The number of rotatable bonds is 2. The molecular weight excluding hydrogens is 268 g/mol. The van der Waals surface area contributed by atoms with Crippen LogP contribution in [-0.2, 0) is 5.54 Å². The highest BCUT2D eigenvalue weighted by atomic mass is 19.3. The molecular formula is C13H13F2N3O2. The fourth-order valence-electron chi connectivity index (χ4n) is 2.07. The van der Waals surface area contributed by atoms with Crippen molar-refractivity contribution in [1.29, 1.82) is 0 Å². The van der Waals surface area contributed by atoms with E-state index >= 15 is 0 Å². The van der Waals surface area contributed by atoms with Crippen LogP contribution < -0.4 is 15.2 Å². The van der Waals surface area contributed by atoms with Gasteiger partial charge < -0.3 is 19.8 Å². The molecule has 20 heavy (non-hydrogen) atoms. The first-order valence-corrected chi connectivity index (χ1v) is 5.98. The van der Waals surface area contributed by atoms with E-state index in [4.69, 9.17) is 5.73 Å². The van der Waals surface area contributed by atoms with E-state index < -0.39 is 11.8 Å². The molecule has 7 heteroatoms. The van der Waals surface area contributed by atoms with Gasteiger partial charge in [-0.2, -0.15) is 0 Å². The molecule has 1 aliphatic rings. The van der Waals surface area contributed by atoms with E-state index in [9.17, 15) is 8.78 Å². The summed E-state index contributed by atoms with van der Waals surface area (Å²) in [6.07, 6.45) is -0.412. The molecule has 5 nitrogen and oxygen atoms in total. The van der Waals surface area contributed by atoms with Gasteiger partial charge in [0.2, 0.25) is 0 Å². The van der Waals surface area contributed by atoms with Crippen molar-refractivity contribution in [1.82, 2.24) is 9.55 Å². The molecule has 1 aliphatic heterocycles. The minimum Gasteiger partial charge on any atom is -0.395 e. The average molecular weight is 281 g/mol. The summed E-state index contributed by atoms with van der Waals surface area (Å²) in [6, 6.07) is 4.53. The van der Waals surface area contributed by atoms with Gasteiger partial charge >= 0.3 is 6.29 Å². The molecule has 0 atom stereocenters. The first-order chi connectivity index (χ1) is 9.26. The summed E-state index contributed by atoms with van der Waals surface area (Å²) < 4.78 is 36.5. The topological polar surface area (TPSA) is 62.3 Å². The molecule has 0 unspecified atom stereocenters. The number of nitrogens with zero attached hydrogens (tertiary/aromatic N) is 2. The molecule has 2 aromatic rings. The number of halogens is 2. The molecule has 0 fully saturated rings. The first-order valence-electron chi connectivity index (χ1n) is 5.98. The molecule has 0 bridgehead atoms. The van der Waals surface area contributed by atoms with Gasteiger partial charge in [0.05, 0.1) is 29.4 Å². The maximum Gasteiger partial charge on any atom is 0.586 e. The molecule has 2 heterocycles. The Hall–Kier alpha value is -2.15. The number of imidazole rings is 1. The number of alkyl halides is 2. The van der Waals surface area contributed by atoms with E-state index in [1.165, 1.54) is 12.1 Å². The predicted octanol–water partition coefficient (Wildman–Crippen LogP) is 2.39. The Morgan fingerprint density at radius 3 is 2.65 bits per heavy atom. The minimum atomic E-state index is -3.62. The van der Waals surface area contributed by atoms with Gasteiger partial charge in [-0.15, -0.1) is 8.78 Å². The smallest absolute Gasteiger partial charge is 0.395 e. The number of hydrogen-bond acceptors (Lipinski definition) is 4. The minimum absolute atomic E-state index is 0.00687. The maximum absolute atomic E-state index is 13.0. The van der Waals surface area contributed by atoms with Crippen LogP contribution in [0.15, 0.2) is 30.7 Å². The number of benzene rings is 1. The van der Waals surface area contributed by atoms with Crippen molar-refractivity contribution < 1.29 is 18.3 Å². The van der Waals surface area contributed by atoms with Crippen LogP contribution in [0.1, 0.15) is 19.5 Å². The van der Waals surface area contributed by atoms with E-state index in [-0.39, 0.29) is 11.5 Å². The molecule has 0 spiro atoms. The highest BCUT2D eigenvalue weighted by Crippen LogP contribution is 2.42. The van der Waals surface area contributed by atoms with Crippen LogP contribution >= 0.6 is 0 Å². The van der Waals surface area contributed by atoms with Crippen molar-refractivity contribution in [3.63, 3.8) is 0 Å². The van der Waals surface area contributed by atoms with Crippen LogP contribution in [0, 0.1) is 0 Å². The molecule has 3 rings (SSSR count). The quantitative estimate of drug-likeness (QED) is 0.918. The Labute approximate surface area is 113 Å². The van der Waals surface area contributed by atoms with Gasteiger partial charge in [-0.25, -0.2) is 4.98 Å². The van der Waals surface area contributed by atoms with E-state index in [0.717, 1.165) is 5.69 Å². The van der Waals surface area contributed by atoms with Crippen LogP contribution in [-0.4, -0.2) is 15.8 Å². The number of aromatic nitrogens is 2. The zero-order chi connectivity index (χ0) is 14.5. The Balaban J connectivity index is 2.04. The lowest BCUT2D eigenvalue weighted by Crippen LogP contribution is -2.31. The second-order valence-corrected chi connectivity index (χ2v) is 5.17. The third kappa shape index (κ3) is 2.09. The lowest BCUT2D eigenvalue weighted by atomic mass is 10.0. The third-order valence-electron chi connectivity index (χ3n) is 2.96. The Bertz CT molecular complexity index is 662. The molecule has 0 saturated carbocycles. The van der Waals surface area contributed by atoms with Crippen molar-refractivity contribution in [3.05, 3.63) is 36.4 Å². The predicted molar refractivity (Wildman–Crippen MR) is 67.0 cm³/mol. The largest absolute Gasteiger partial charge is 0.586 e. The fraction of sp³-hybridized carbons (Fsp3) is 0.308. The summed E-state index contributed by atoms with van der Waals surface area (Å²) in [7, 11) is 0. The summed E-state index contributed by atoms with van der Waals surface area (Å²) in [6.45, 7) is 3.67. The van der Waals surface area contributed by atoms with Gasteiger partial charge in [0.1, 0.15) is 0 Å². The van der Waals surface area contributed by atoms with Crippen LogP contribution in [0.4, 0.5) is 8.78 Å².